The van der Waals surface area contributed by atoms with Crippen molar-refractivity contribution < 1.29 is 89.4 Å². The summed E-state index contributed by atoms with van der Waals surface area (Å²) in [6.07, 6.45) is 0.0491. The second-order valence-corrected chi connectivity index (χ2v) is 8.12. The Morgan fingerprint density at radius 1 is 0.737 bits per heavy atom. The van der Waals surface area contributed by atoms with Gasteiger partial charge in [0.2, 0.25) is 0 Å². The van der Waals surface area contributed by atoms with Gasteiger partial charge < -0.3 is 49.5 Å². The Kier molecular flexibility index (Phi) is 17.6. The van der Waals surface area contributed by atoms with Gasteiger partial charge in [-0.15, -0.1) is 0 Å². The number of carboxylic acids is 5. The van der Waals surface area contributed by atoms with Gasteiger partial charge in [0.1, 0.15) is 0 Å². The van der Waals surface area contributed by atoms with Gasteiger partial charge in [0, 0.05) is 58.4 Å². The van der Waals surface area contributed by atoms with Crippen molar-refractivity contribution in [3.05, 3.63) is 29.8 Å². The van der Waals surface area contributed by atoms with Crippen LogP contribution in [-0.2, 0) is 30.4 Å². The van der Waals surface area contributed by atoms with Gasteiger partial charge in [-0.05, 0) is 36.3 Å². The molecule has 1 aromatic rings. The summed E-state index contributed by atoms with van der Waals surface area (Å²) in [5, 5.41) is 58.0. The number of carbonyl (C=O) groups is 5. The molecule has 207 valence electrons. The van der Waals surface area contributed by atoms with Crippen LogP contribution in [0.15, 0.2) is 29.3 Å². The summed E-state index contributed by atoms with van der Waals surface area (Å²) >= 11 is 4.54. The van der Waals surface area contributed by atoms with Gasteiger partial charge in [0.25, 0.3) is 0 Å². The molecular weight excluding hydrogens is 670 g/mol. The minimum Gasteiger partial charge on any atom is -0.549 e. The predicted octanol–water partition coefficient (Wildman–Crippen LogP) is -7.01. The first-order chi connectivity index (χ1) is 17.4. The molecule has 0 aromatic heterocycles. The van der Waals surface area contributed by atoms with Crippen LogP contribution in [-0.4, -0.2) is 108 Å². The van der Waals surface area contributed by atoms with E-state index in [0.717, 1.165) is 9.80 Å². The number of nitrogens with zero attached hydrogens (tertiary/aromatic N) is 4. The Balaban J connectivity index is 0.0000137. The summed E-state index contributed by atoms with van der Waals surface area (Å²) in [4.78, 5) is 62.8. The zero-order valence-corrected chi connectivity index (χ0v) is 23.0. The second kappa shape index (κ2) is 18.8. The van der Waals surface area contributed by atoms with E-state index in [-0.39, 0.29) is 66.0 Å². The molecule has 1 radical (unpaired) electrons. The van der Waals surface area contributed by atoms with Crippen LogP contribution in [0.4, 0.5) is 5.69 Å². The fourth-order valence-electron chi connectivity index (χ4n) is 3.56. The zero-order valence-electron chi connectivity index (χ0n) is 19.9. The number of thiocarbonyl (C=S) groups is 1. The van der Waals surface area contributed by atoms with Gasteiger partial charge >= 0.3 is 39.9 Å². The number of aliphatic carboxylic acids is 5. The number of rotatable bonds is 19. The average Bonchev–Trinajstić information content (AvgIpc) is 2.76. The van der Waals surface area contributed by atoms with Gasteiger partial charge in [0.05, 0.1) is 40.7 Å². The molecule has 14 nitrogen and oxygen atoms in total. The third-order valence-electron chi connectivity index (χ3n) is 5.02. The number of carboxylic acid groups (broad SMARTS) is 5. The topological polar surface area (TPSA) is 223 Å². The summed E-state index contributed by atoms with van der Waals surface area (Å²) in [7, 11) is 0. The minimum atomic E-state index is -1.59. The first-order valence-corrected chi connectivity index (χ1v) is 11.1. The largest absolute Gasteiger partial charge is 3.00 e. The van der Waals surface area contributed by atoms with Gasteiger partial charge in [0.15, 0.2) is 0 Å². The van der Waals surface area contributed by atoms with E-state index < -0.39 is 68.6 Å². The molecule has 1 atom stereocenters. The SMILES string of the molecule is O=C([O-])CN(CCN(CC(=O)[O-])CC(Cc1ccc(N=C=S)cc1)N(CC(=O)[O-])CC(=O)[O-])CC(=O)[O-].[Gd+3]. The monoisotopic (exact) mass is 693 g/mol. The molecule has 0 saturated heterocycles. The quantitative estimate of drug-likeness (QED) is 0.0971. The van der Waals surface area contributed by atoms with Crippen LogP contribution in [0.2, 0.25) is 0 Å². The van der Waals surface area contributed by atoms with E-state index in [4.69, 9.17) is 0 Å². The van der Waals surface area contributed by atoms with E-state index in [2.05, 4.69) is 22.4 Å². The number of hydrogen-bond donors (Lipinski definition) is 0. The normalized spacial score (nSPS) is 11.4. The van der Waals surface area contributed by atoms with E-state index in [9.17, 15) is 49.5 Å². The minimum absolute atomic E-state index is 0. The number of hydrogen-bond acceptors (Lipinski definition) is 15. The fourth-order valence-corrected chi connectivity index (χ4v) is 3.67. The third kappa shape index (κ3) is 15.7. The van der Waals surface area contributed by atoms with Crippen LogP contribution in [0.3, 0.4) is 0 Å². The Morgan fingerprint density at radius 3 is 1.58 bits per heavy atom. The summed E-state index contributed by atoms with van der Waals surface area (Å²) in [5.74, 6) is -7.84. The van der Waals surface area contributed by atoms with Crippen molar-refractivity contribution in [1.82, 2.24) is 14.7 Å². The van der Waals surface area contributed by atoms with Crippen LogP contribution >= 0.6 is 12.2 Å². The molecule has 1 rings (SSSR count). The first kappa shape index (κ1) is 35.6. The summed E-state index contributed by atoms with van der Waals surface area (Å²) in [6.45, 7) is -4.53. The van der Waals surface area contributed by atoms with Crippen molar-refractivity contribution in [3.8, 4) is 0 Å². The van der Waals surface area contributed by atoms with Crippen molar-refractivity contribution in [1.29, 1.82) is 0 Å². The summed E-state index contributed by atoms with van der Waals surface area (Å²) in [5.41, 5.74) is 1.09. The maximum Gasteiger partial charge on any atom is 3.00 e. The zero-order chi connectivity index (χ0) is 28.0. The molecule has 0 bridgehead atoms. The van der Waals surface area contributed by atoms with Crippen LogP contribution in [0.1, 0.15) is 5.56 Å². The summed E-state index contributed by atoms with van der Waals surface area (Å²) in [6, 6.07) is 5.51. The molecule has 0 aliphatic rings. The molecule has 0 amide bonds. The Labute approximate surface area is 255 Å². The van der Waals surface area contributed by atoms with Gasteiger partial charge in [-0.3, -0.25) is 14.7 Å². The van der Waals surface area contributed by atoms with Crippen molar-refractivity contribution in [3.63, 3.8) is 0 Å². The number of carbonyl (C=O) groups excluding carboxylic acids is 5. The molecule has 0 aliphatic carbocycles. The fraction of sp³-hybridized carbons (Fsp3) is 0.455. The second-order valence-electron chi connectivity index (χ2n) is 7.94. The number of isothiocyanates is 1. The van der Waals surface area contributed by atoms with Gasteiger partial charge in [-0.2, -0.15) is 4.99 Å². The van der Waals surface area contributed by atoms with E-state index in [0.29, 0.717) is 11.3 Å². The molecule has 0 heterocycles. The van der Waals surface area contributed by atoms with Gasteiger partial charge in [-0.25, -0.2) is 0 Å². The standard InChI is InChI=1S/C22H28N4O10S.Gd/c27-18(28)9-24(5-6-25(10-19(29)30)11-20(31)32)8-17(26(12-21(33)34)13-22(35)36)7-15-1-3-16(4-2-15)23-14-37;/h1-4,17H,5-13H2,(H,27,28)(H,29,30)(H,31,32)(H,33,34)(H,35,36);/q;+3/p-5. The van der Waals surface area contributed by atoms with Crippen molar-refractivity contribution in [2.45, 2.75) is 12.5 Å². The molecule has 1 unspecified atom stereocenters. The van der Waals surface area contributed by atoms with Crippen molar-refractivity contribution in [2.75, 3.05) is 52.4 Å². The van der Waals surface area contributed by atoms with E-state index in [1.165, 1.54) is 4.90 Å². The summed E-state index contributed by atoms with van der Waals surface area (Å²) < 4.78 is 0. The molecule has 0 aliphatic heterocycles. The Bertz CT molecular complexity index is 988. The molecule has 0 fully saturated rings. The smallest absolute Gasteiger partial charge is 0.549 e. The molecule has 0 spiro atoms. The van der Waals surface area contributed by atoms with Gasteiger partial charge in [-0.1, -0.05) is 12.1 Å². The van der Waals surface area contributed by atoms with Crippen LogP contribution in [0, 0.1) is 39.9 Å². The van der Waals surface area contributed by atoms with Crippen molar-refractivity contribution in [2.24, 2.45) is 4.99 Å². The Hall–Kier alpha value is -2.43. The van der Waals surface area contributed by atoms with E-state index >= 15 is 0 Å². The third-order valence-corrected chi connectivity index (χ3v) is 5.11. The maximum atomic E-state index is 11.4. The van der Waals surface area contributed by atoms with Crippen molar-refractivity contribution >= 4 is 52.9 Å². The molecule has 38 heavy (non-hydrogen) atoms. The van der Waals surface area contributed by atoms with E-state index in [1.54, 1.807) is 24.3 Å². The molecule has 0 saturated carbocycles. The Morgan fingerprint density at radius 2 is 1.16 bits per heavy atom. The molecule has 0 N–H and O–H groups in total. The van der Waals surface area contributed by atoms with Crippen LogP contribution in [0.25, 0.3) is 0 Å². The predicted molar refractivity (Wildman–Crippen MR) is 118 cm³/mol. The van der Waals surface area contributed by atoms with E-state index in [1.807, 2.05) is 0 Å². The average molecular weight is 693 g/mol. The molecular formula is C22H23GdN4O10S-2. The number of aliphatic imine (C=N–C) groups is 1. The molecule has 16 heteroatoms. The number of benzene rings is 1. The van der Waals surface area contributed by atoms with Crippen LogP contribution in [0.5, 0.6) is 0 Å². The first-order valence-electron chi connectivity index (χ1n) is 10.7. The van der Waals surface area contributed by atoms with Crippen LogP contribution < -0.4 is 25.5 Å². The molecule has 1 aromatic carbocycles. The maximum absolute atomic E-state index is 11.4.